The number of thioether (sulfide) groups is 1. The Morgan fingerprint density at radius 1 is 1.27 bits per heavy atom. The Kier molecular flexibility index (Phi) is 5.11. The summed E-state index contributed by atoms with van der Waals surface area (Å²) in [6.45, 7) is 3.94. The van der Waals surface area contributed by atoms with E-state index in [-0.39, 0.29) is 17.3 Å². The van der Waals surface area contributed by atoms with E-state index in [9.17, 15) is 14.9 Å². The molecule has 0 fully saturated rings. The van der Waals surface area contributed by atoms with Gasteiger partial charge in [0, 0.05) is 11.8 Å². The summed E-state index contributed by atoms with van der Waals surface area (Å²) in [6, 6.07) is 8.74. The first-order valence-electron chi connectivity index (χ1n) is 6.55. The Bertz CT molecular complexity index is 681. The lowest BCUT2D eigenvalue weighted by atomic mass is 10.1. The van der Waals surface area contributed by atoms with Crippen LogP contribution < -0.4 is 5.32 Å². The molecule has 1 N–H and O–H groups in total. The number of amides is 1. The van der Waals surface area contributed by atoms with Crippen molar-refractivity contribution in [1.82, 2.24) is 4.98 Å². The van der Waals surface area contributed by atoms with Crippen LogP contribution in [0, 0.1) is 24.0 Å². The summed E-state index contributed by atoms with van der Waals surface area (Å²) in [6.07, 6.45) is 1.18. The molecule has 2 aromatic rings. The van der Waals surface area contributed by atoms with Gasteiger partial charge in [-0.25, -0.2) is 4.98 Å². The lowest BCUT2D eigenvalue weighted by molar-refractivity contribution is -0.385. The second-order valence-corrected chi connectivity index (χ2v) is 5.82. The summed E-state index contributed by atoms with van der Waals surface area (Å²) >= 11 is 1.23. The number of anilines is 1. The highest BCUT2D eigenvalue weighted by atomic mass is 32.2. The smallest absolute Gasteiger partial charge is 0.287 e. The molecule has 0 spiro atoms. The van der Waals surface area contributed by atoms with Crippen LogP contribution in [0.1, 0.15) is 11.1 Å². The molecule has 0 aliphatic carbocycles. The van der Waals surface area contributed by atoms with Crippen LogP contribution in [0.4, 0.5) is 11.4 Å². The van der Waals surface area contributed by atoms with Gasteiger partial charge in [0.2, 0.25) is 5.91 Å². The molecule has 1 aromatic carbocycles. The average molecular weight is 317 g/mol. The third kappa shape index (κ3) is 4.56. The Morgan fingerprint density at radius 2 is 1.95 bits per heavy atom. The van der Waals surface area contributed by atoms with Gasteiger partial charge in [0.05, 0.1) is 15.7 Å². The van der Waals surface area contributed by atoms with Crippen molar-refractivity contribution in [3.8, 4) is 0 Å². The molecule has 2 rings (SSSR count). The summed E-state index contributed by atoms with van der Waals surface area (Å²) in [5.41, 5.74) is 2.86. The number of nitrogens with zero attached hydrogens (tertiary/aromatic N) is 2. The fourth-order valence-electron chi connectivity index (χ4n) is 1.95. The van der Waals surface area contributed by atoms with Crippen molar-refractivity contribution < 1.29 is 9.72 Å². The van der Waals surface area contributed by atoms with Crippen molar-refractivity contribution in [3.63, 3.8) is 0 Å². The molecule has 7 heteroatoms. The highest BCUT2D eigenvalue weighted by molar-refractivity contribution is 7.99. The number of aryl methyl sites for hydroxylation is 2. The molecule has 22 heavy (non-hydrogen) atoms. The molecule has 1 aromatic heterocycles. The molecule has 114 valence electrons. The fourth-order valence-corrected chi connectivity index (χ4v) is 2.59. The average Bonchev–Trinajstić information content (AvgIpc) is 2.44. The van der Waals surface area contributed by atoms with Crippen molar-refractivity contribution in [2.75, 3.05) is 11.1 Å². The van der Waals surface area contributed by atoms with E-state index in [1.807, 2.05) is 32.0 Å². The summed E-state index contributed by atoms with van der Waals surface area (Å²) in [7, 11) is 0. The number of hydrogen-bond acceptors (Lipinski definition) is 5. The van der Waals surface area contributed by atoms with Crippen LogP contribution in [0.15, 0.2) is 41.6 Å². The van der Waals surface area contributed by atoms with E-state index in [1.54, 1.807) is 0 Å². The number of nitro groups is 1. The van der Waals surface area contributed by atoms with Crippen molar-refractivity contribution in [2.45, 2.75) is 18.9 Å². The Labute approximate surface area is 132 Å². The Balaban J connectivity index is 1.91. The molecule has 0 unspecified atom stereocenters. The van der Waals surface area contributed by atoms with Crippen LogP contribution in [0.5, 0.6) is 0 Å². The third-order valence-corrected chi connectivity index (χ3v) is 3.73. The van der Waals surface area contributed by atoms with Crippen LogP contribution in [0.3, 0.4) is 0 Å². The molecular formula is C15H15N3O3S. The molecule has 1 amide bonds. The predicted octanol–water partition coefficient (Wildman–Crippen LogP) is 3.34. The van der Waals surface area contributed by atoms with Crippen LogP contribution in [-0.2, 0) is 4.79 Å². The van der Waals surface area contributed by atoms with Crippen molar-refractivity contribution in [3.05, 3.63) is 57.8 Å². The topological polar surface area (TPSA) is 85.1 Å². The van der Waals surface area contributed by atoms with E-state index in [0.717, 1.165) is 16.8 Å². The van der Waals surface area contributed by atoms with Gasteiger partial charge in [0.25, 0.3) is 5.69 Å². The molecule has 0 aliphatic heterocycles. The van der Waals surface area contributed by atoms with Crippen molar-refractivity contribution >= 4 is 29.0 Å². The number of nitrogens with one attached hydrogen (secondary N) is 1. The molecule has 0 aliphatic rings. The zero-order chi connectivity index (χ0) is 16.1. The van der Waals surface area contributed by atoms with Crippen LogP contribution in [-0.4, -0.2) is 21.6 Å². The van der Waals surface area contributed by atoms with Gasteiger partial charge in [0.15, 0.2) is 0 Å². The zero-order valence-corrected chi connectivity index (χ0v) is 13.0. The molecule has 6 nitrogen and oxygen atoms in total. The van der Waals surface area contributed by atoms with E-state index < -0.39 is 4.92 Å². The van der Waals surface area contributed by atoms with Gasteiger partial charge >= 0.3 is 0 Å². The van der Waals surface area contributed by atoms with Gasteiger partial charge in [-0.15, -0.1) is 0 Å². The van der Waals surface area contributed by atoms with Crippen LogP contribution >= 0.6 is 11.8 Å². The Hall–Kier alpha value is -2.41. The van der Waals surface area contributed by atoms with E-state index >= 15 is 0 Å². The maximum absolute atomic E-state index is 11.9. The third-order valence-electron chi connectivity index (χ3n) is 2.79. The Morgan fingerprint density at radius 3 is 2.50 bits per heavy atom. The highest BCUT2D eigenvalue weighted by Gasteiger charge is 2.08. The van der Waals surface area contributed by atoms with E-state index in [0.29, 0.717) is 5.03 Å². The minimum atomic E-state index is -0.506. The number of rotatable bonds is 5. The van der Waals surface area contributed by atoms with Gasteiger partial charge in [-0.1, -0.05) is 17.8 Å². The monoisotopic (exact) mass is 317 g/mol. The lowest BCUT2D eigenvalue weighted by Gasteiger charge is -2.07. The molecular weight excluding hydrogens is 302 g/mol. The van der Waals surface area contributed by atoms with E-state index in [4.69, 9.17) is 0 Å². The minimum absolute atomic E-state index is 0.0657. The number of pyridine rings is 1. The van der Waals surface area contributed by atoms with Gasteiger partial charge < -0.3 is 5.32 Å². The van der Waals surface area contributed by atoms with Gasteiger partial charge in [-0.05, 0) is 43.2 Å². The number of carbonyl (C=O) groups is 1. The number of carbonyl (C=O) groups excluding carboxylic acids is 1. The zero-order valence-electron chi connectivity index (χ0n) is 12.2. The predicted molar refractivity (Wildman–Crippen MR) is 86.2 cm³/mol. The molecule has 0 bridgehead atoms. The van der Waals surface area contributed by atoms with Crippen LogP contribution in [0.2, 0.25) is 0 Å². The molecule has 1 heterocycles. The van der Waals surface area contributed by atoms with Gasteiger partial charge in [-0.2, -0.15) is 0 Å². The molecule has 0 saturated heterocycles. The van der Waals surface area contributed by atoms with Crippen molar-refractivity contribution in [2.24, 2.45) is 0 Å². The SMILES string of the molecule is Cc1cc(C)cc(NC(=O)CSc2ccc([N+](=O)[O-])cn2)c1. The summed E-state index contributed by atoms with van der Waals surface area (Å²) in [5, 5.41) is 13.9. The summed E-state index contributed by atoms with van der Waals surface area (Å²) < 4.78 is 0. The van der Waals surface area contributed by atoms with Crippen molar-refractivity contribution in [1.29, 1.82) is 0 Å². The standard InChI is InChI=1S/C15H15N3O3S/c1-10-5-11(2)7-12(6-10)17-14(19)9-22-15-4-3-13(8-16-15)18(20)21/h3-8H,9H2,1-2H3,(H,17,19). The quantitative estimate of drug-likeness (QED) is 0.519. The van der Waals surface area contributed by atoms with Gasteiger partial charge in [-0.3, -0.25) is 14.9 Å². The molecule has 0 saturated carbocycles. The number of hydrogen-bond donors (Lipinski definition) is 1. The fraction of sp³-hybridized carbons (Fsp3) is 0.200. The first kappa shape index (κ1) is 16.0. The summed E-state index contributed by atoms with van der Waals surface area (Å²) in [5.74, 6) is 0.0489. The van der Waals surface area contributed by atoms with Crippen LogP contribution in [0.25, 0.3) is 0 Å². The first-order chi connectivity index (χ1) is 10.4. The second-order valence-electron chi connectivity index (χ2n) is 4.82. The van der Waals surface area contributed by atoms with E-state index in [2.05, 4.69) is 10.3 Å². The first-order valence-corrected chi connectivity index (χ1v) is 7.54. The normalized spacial score (nSPS) is 10.3. The molecule has 0 radical (unpaired) electrons. The van der Waals surface area contributed by atoms with Gasteiger partial charge in [0.1, 0.15) is 6.20 Å². The maximum atomic E-state index is 11.9. The number of benzene rings is 1. The highest BCUT2D eigenvalue weighted by Crippen LogP contribution is 2.19. The molecule has 0 atom stereocenters. The van der Waals surface area contributed by atoms with E-state index in [1.165, 1.54) is 30.1 Å². The maximum Gasteiger partial charge on any atom is 0.287 e. The summed E-state index contributed by atoms with van der Waals surface area (Å²) in [4.78, 5) is 25.9. The lowest BCUT2D eigenvalue weighted by Crippen LogP contribution is -2.14. The second kappa shape index (κ2) is 7.04. The number of aromatic nitrogens is 1. The minimum Gasteiger partial charge on any atom is -0.325 e. The largest absolute Gasteiger partial charge is 0.325 e.